The average molecular weight is 673 g/mol. The van der Waals surface area contributed by atoms with Crippen molar-refractivity contribution in [1.82, 2.24) is 0 Å². The number of esters is 1. The zero-order valence-corrected chi connectivity index (χ0v) is 29.6. The molecule has 6 aliphatic carbocycles. The molecule has 0 aromatic carbocycles. The molecule has 0 amide bonds. The summed E-state index contributed by atoms with van der Waals surface area (Å²) in [7, 11) is 0. The molecule has 3 heterocycles. The quantitative estimate of drug-likeness (QED) is 0.260. The van der Waals surface area contributed by atoms with E-state index in [1.165, 1.54) is 12.5 Å². The summed E-state index contributed by atoms with van der Waals surface area (Å²) >= 11 is 0. The van der Waals surface area contributed by atoms with Crippen molar-refractivity contribution in [2.24, 2.45) is 56.2 Å². The van der Waals surface area contributed by atoms with Crippen LogP contribution in [0.25, 0.3) is 0 Å². The highest BCUT2D eigenvalue weighted by molar-refractivity contribution is 5.66. The fourth-order valence-corrected chi connectivity index (χ4v) is 14.2. The van der Waals surface area contributed by atoms with Gasteiger partial charge in [-0.15, -0.1) is 0 Å². The van der Waals surface area contributed by atoms with Crippen molar-refractivity contribution in [2.45, 2.75) is 148 Å². The maximum absolute atomic E-state index is 12.9. The van der Waals surface area contributed by atoms with Crippen LogP contribution in [0.15, 0.2) is 11.6 Å². The van der Waals surface area contributed by atoms with Gasteiger partial charge in [-0.3, -0.25) is 4.79 Å². The predicted octanol–water partition coefficient (Wildman–Crippen LogP) is 3.47. The first kappa shape index (κ1) is 32.8. The van der Waals surface area contributed by atoms with Crippen LogP contribution in [0.3, 0.4) is 0 Å². The van der Waals surface area contributed by atoms with Gasteiger partial charge in [-0.25, -0.2) is 0 Å². The Balaban J connectivity index is 1.08. The second-order valence-corrected chi connectivity index (χ2v) is 19.1. The second-order valence-electron chi connectivity index (χ2n) is 19.1. The summed E-state index contributed by atoms with van der Waals surface area (Å²) < 4.78 is 32.1. The number of fused-ring (bicyclic) bond motifs is 6. The molecule has 18 atom stereocenters. The Morgan fingerprint density at radius 3 is 2.40 bits per heavy atom. The Kier molecular flexibility index (Phi) is 6.59. The molecule has 0 aromatic rings. The fraction of sp³-hybridized carbons (Fsp3) is 0.921. The van der Waals surface area contributed by atoms with Crippen LogP contribution in [0.1, 0.15) is 93.4 Å². The molecule has 0 bridgehead atoms. The molecule has 3 aliphatic heterocycles. The lowest BCUT2D eigenvalue weighted by atomic mass is 9.44. The minimum absolute atomic E-state index is 0.00345. The summed E-state index contributed by atoms with van der Waals surface area (Å²) in [5.41, 5.74) is -0.215. The molecule has 3 spiro atoms. The topological polar surface area (TPSA) is 144 Å². The third kappa shape index (κ3) is 3.65. The van der Waals surface area contributed by atoms with Gasteiger partial charge in [-0.2, -0.15) is 0 Å². The van der Waals surface area contributed by atoms with Gasteiger partial charge >= 0.3 is 5.97 Å². The van der Waals surface area contributed by atoms with Crippen molar-refractivity contribution in [2.75, 3.05) is 13.2 Å². The molecule has 9 rings (SSSR count). The third-order valence-electron chi connectivity index (χ3n) is 16.7. The van der Waals surface area contributed by atoms with E-state index in [1.54, 1.807) is 0 Å². The molecular weight excluding hydrogens is 616 g/mol. The predicted molar refractivity (Wildman–Crippen MR) is 171 cm³/mol. The number of carbonyl (C=O) groups is 1. The maximum atomic E-state index is 12.9. The van der Waals surface area contributed by atoms with Crippen LogP contribution in [0.2, 0.25) is 0 Å². The molecule has 8 fully saturated rings. The molecular formula is C38H56O10. The Bertz CT molecular complexity index is 1450. The van der Waals surface area contributed by atoms with Crippen LogP contribution in [-0.2, 0) is 28.5 Å². The van der Waals surface area contributed by atoms with Crippen molar-refractivity contribution in [3.8, 4) is 0 Å². The van der Waals surface area contributed by atoms with E-state index in [2.05, 4.69) is 47.6 Å². The SMILES string of the molecule is CC(=O)O[C@@H]1C[C@@]23C[C@@]24CCC(O[C@@H]2OC[C@@H](O)[C@H](O)[C@H]2O)C(C)(C)C4CC=C3[C@]2(C)[C@@H](O)[C@@H]3O[C@@]4(C[C@@H](C)C3[C@@]12C)OC[C@]1(C)C[C@H]14. The van der Waals surface area contributed by atoms with Crippen molar-refractivity contribution in [3.05, 3.63) is 11.6 Å². The van der Waals surface area contributed by atoms with Crippen molar-refractivity contribution in [3.63, 3.8) is 0 Å². The van der Waals surface area contributed by atoms with Crippen LogP contribution in [0.4, 0.5) is 0 Å². The van der Waals surface area contributed by atoms with E-state index in [0.29, 0.717) is 12.5 Å². The molecule has 3 saturated heterocycles. The molecule has 3 unspecified atom stereocenters. The summed E-state index contributed by atoms with van der Waals surface area (Å²) in [6.07, 6.45) is 1.98. The minimum atomic E-state index is -1.33. The number of ether oxygens (including phenoxy) is 5. The lowest BCUT2D eigenvalue weighted by molar-refractivity contribution is -0.308. The molecule has 268 valence electrons. The van der Waals surface area contributed by atoms with Gasteiger partial charge in [0.05, 0.1) is 31.5 Å². The van der Waals surface area contributed by atoms with Crippen LogP contribution in [-0.4, -0.2) is 94.4 Å². The highest BCUT2D eigenvalue weighted by Gasteiger charge is 2.86. The number of aliphatic hydroxyl groups is 4. The summed E-state index contributed by atoms with van der Waals surface area (Å²) in [6, 6.07) is 0. The fourth-order valence-electron chi connectivity index (χ4n) is 14.2. The van der Waals surface area contributed by atoms with Gasteiger partial charge in [-0.05, 0) is 66.6 Å². The molecule has 10 heteroatoms. The standard InChI is InChI=1S/C38H56O10/c1-18-12-38(23-13-33(23,5)17-45-38)48-29-26(18)35(7)25(46-19(2)39)14-37-16-36(37)11-10-24(47-31-28(42)27(41)20(40)15-44-31)32(3,4)21(36)8-9-22(37)34(35,6)30(29)43/h9,18,20-21,23-31,40-43H,8,10-17H2,1-7H3/t18-,20-,21?,23-,24?,25-,26?,27+,28-,29-,30+,31+,33+,34-,35-,36-,37+,38-/m1/s1. The summed E-state index contributed by atoms with van der Waals surface area (Å²) in [4.78, 5) is 12.9. The number of hydrogen-bond acceptors (Lipinski definition) is 10. The van der Waals surface area contributed by atoms with Gasteiger partial charge in [-0.1, -0.05) is 53.2 Å². The highest BCUT2D eigenvalue weighted by Crippen LogP contribution is 2.88. The molecule has 0 aromatic heterocycles. The largest absolute Gasteiger partial charge is 0.462 e. The molecule has 0 radical (unpaired) electrons. The average Bonchev–Trinajstić information content (AvgIpc) is 3.85. The number of hydrogen-bond donors (Lipinski definition) is 4. The lowest BCUT2D eigenvalue weighted by Crippen LogP contribution is -2.62. The zero-order valence-electron chi connectivity index (χ0n) is 29.6. The number of rotatable bonds is 3. The van der Waals surface area contributed by atoms with Gasteiger partial charge in [0.25, 0.3) is 0 Å². The van der Waals surface area contributed by atoms with Crippen molar-refractivity contribution < 1.29 is 48.9 Å². The van der Waals surface area contributed by atoms with Crippen molar-refractivity contribution >= 4 is 5.97 Å². The van der Waals surface area contributed by atoms with E-state index < -0.39 is 53.4 Å². The highest BCUT2D eigenvalue weighted by atomic mass is 16.7. The van der Waals surface area contributed by atoms with Crippen LogP contribution < -0.4 is 0 Å². The van der Waals surface area contributed by atoms with Crippen LogP contribution in [0, 0.1) is 56.2 Å². The van der Waals surface area contributed by atoms with E-state index in [9.17, 15) is 25.2 Å². The monoisotopic (exact) mass is 672 g/mol. The number of carbonyl (C=O) groups excluding carboxylic acids is 1. The van der Waals surface area contributed by atoms with Crippen LogP contribution in [0.5, 0.6) is 0 Å². The minimum Gasteiger partial charge on any atom is -0.462 e. The molecule has 9 aliphatic rings. The van der Waals surface area contributed by atoms with Gasteiger partial charge < -0.3 is 44.1 Å². The lowest BCUT2D eigenvalue weighted by Gasteiger charge is -2.62. The Labute approximate surface area is 283 Å². The maximum Gasteiger partial charge on any atom is 0.302 e. The first-order chi connectivity index (χ1) is 22.4. The Morgan fingerprint density at radius 1 is 0.979 bits per heavy atom. The van der Waals surface area contributed by atoms with E-state index in [1.807, 2.05) is 0 Å². The molecule has 10 nitrogen and oxygen atoms in total. The molecule has 5 saturated carbocycles. The number of aliphatic hydroxyl groups excluding tert-OH is 4. The second kappa shape index (κ2) is 9.65. The van der Waals surface area contributed by atoms with E-state index in [0.717, 1.165) is 44.9 Å². The zero-order chi connectivity index (χ0) is 34.2. The molecule has 4 N–H and O–H groups in total. The van der Waals surface area contributed by atoms with Gasteiger partial charge in [0, 0.05) is 41.4 Å². The van der Waals surface area contributed by atoms with Gasteiger partial charge in [0.1, 0.15) is 24.4 Å². The third-order valence-corrected chi connectivity index (χ3v) is 16.7. The first-order valence-corrected chi connectivity index (χ1v) is 18.6. The Morgan fingerprint density at radius 2 is 1.73 bits per heavy atom. The van der Waals surface area contributed by atoms with Gasteiger partial charge in [0.2, 0.25) is 0 Å². The van der Waals surface area contributed by atoms with E-state index in [4.69, 9.17) is 23.7 Å². The van der Waals surface area contributed by atoms with E-state index in [-0.39, 0.29) is 64.2 Å². The van der Waals surface area contributed by atoms with Crippen molar-refractivity contribution in [1.29, 1.82) is 0 Å². The first-order valence-electron chi connectivity index (χ1n) is 18.6. The Hall–Kier alpha value is -1.11. The summed E-state index contributed by atoms with van der Waals surface area (Å²) in [6.45, 7) is 15.7. The van der Waals surface area contributed by atoms with E-state index >= 15 is 0 Å². The smallest absolute Gasteiger partial charge is 0.302 e. The van der Waals surface area contributed by atoms with Gasteiger partial charge in [0.15, 0.2) is 12.1 Å². The van der Waals surface area contributed by atoms with Crippen LogP contribution >= 0.6 is 0 Å². The summed E-state index contributed by atoms with van der Waals surface area (Å²) in [5.74, 6) is -0.0961. The normalized spacial score (nSPS) is 61.6. The summed E-state index contributed by atoms with van der Waals surface area (Å²) in [5, 5.41) is 43.7. The number of allylic oxidation sites excluding steroid dienone is 1. The molecule has 48 heavy (non-hydrogen) atoms.